The molecular formula is C15H23FN2O. The molecule has 0 fully saturated rings. The first-order chi connectivity index (χ1) is 8.75. The first-order valence-corrected chi connectivity index (χ1v) is 6.54. The molecule has 3 N–H and O–H groups in total. The van der Waals surface area contributed by atoms with Crippen LogP contribution in [0.25, 0.3) is 0 Å². The zero-order valence-corrected chi connectivity index (χ0v) is 12.0. The normalized spacial score (nSPS) is 13.4. The monoisotopic (exact) mass is 266 g/mol. The van der Waals surface area contributed by atoms with Gasteiger partial charge in [0, 0.05) is 12.0 Å². The highest BCUT2D eigenvalue weighted by atomic mass is 19.1. The van der Waals surface area contributed by atoms with Gasteiger partial charge >= 0.3 is 0 Å². The average Bonchev–Trinajstić information content (AvgIpc) is 2.35. The fourth-order valence-electron chi connectivity index (χ4n) is 1.83. The van der Waals surface area contributed by atoms with E-state index in [0.717, 1.165) is 0 Å². The Kier molecular flexibility index (Phi) is 5.06. The van der Waals surface area contributed by atoms with Crippen LogP contribution in [-0.4, -0.2) is 18.5 Å². The molecule has 0 aromatic heterocycles. The molecule has 0 aliphatic rings. The second-order valence-corrected chi connectivity index (χ2v) is 5.85. The maximum atomic E-state index is 13.8. The van der Waals surface area contributed by atoms with E-state index in [9.17, 15) is 9.18 Å². The van der Waals surface area contributed by atoms with Gasteiger partial charge in [-0.3, -0.25) is 4.79 Å². The number of carbonyl (C=O) groups is 1. The van der Waals surface area contributed by atoms with Crippen LogP contribution in [0, 0.1) is 11.7 Å². The first-order valence-electron chi connectivity index (χ1n) is 6.54. The molecule has 1 aromatic rings. The summed E-state index contributed by atoms with van der Waals surface area (Å²) in [6.45, 7) is 7.94. The SMILES string of the molecule is CC(C)[C@H](N)C(=O)NCC(C)(C)c1ccccc1F. The summed E-state index contributed by atoms with van der Waals surface area (Å²) in [6, 6.07) is 6.09. The van der Waals surface area contributed by atoms with E-state index >= 15 is 0 Å². The molecule has 0 saturated heterocycles. The lowest BCUT2D eigenvalue weighted by atomic mass is 9.84. The molecule has 1 rings (SSSR count). The minimum absolute atomic E-state index is 0.0802. The number of hydrogen-bond acceptors (Lipinski definition) is 2. The van der Waals surface area contributed by atoms with Gasteiger partial charge in [0.15, 0.2) is 0 Å². The molecule has 0 radical (unpaired) electrons. The highest BCUT2D eigenvalue weighted by Crippen LogP contribution is 2.24. The Balaban J connectivity index is 2.71. The van der Waals surface area contributed by atoms with Crippen molar-refractivity contribution in [2.24, 2.45) is 11.7 Å². The van der Waals surface area contributed by atoms with E-state index in [2.05, 4.69) is 5.32 Å². The molecule has 0 aliphatic carbocycles. The molecule has 106 valence electrons. The van der Waals surface area contributed by atoms with E-state index in [1.54, 1.807) is 18.2 Å². The van der Waals surface area contributed by atoms with Crippen LogP contribution in [0.5, 0.6) is 0 Å². The Morgan fingerprint density at radius 2 is 1.95 bits per heavy atom. The van der Waals surface area contributed by atoms with Gasteiger partial charge in [-0.05, 0) is 17.5 Å². The summed E-state index contributed by atoms with van der Waals surface area (Å²) in [5.74, 6) is -0.370. The highest BCUT2D eigenvalue weighted by Gasteiger charge is 2.26. The summed E-state index contributed by atoms with van der Waals surface area (Å²) in [6.07, 6.45) is 0. The van der Waals surface area contributed by atoms with E-state index in [4.69, 9.17) is 5.73 Å². The fourth-order valence-corrected chi connectivity index (χ4v) is 1.83. The van der Waals surface area contributed by atoms with Gasteiger partial charge in [-0.2, -0.15) is 0 Å². The summed E-state index contributed by atoms with van der Waals surface area (Å²) >= 11 is 0. The van der Waals surface area contributed by atoms with Crippen LogP contribution in [0.15, 0.2) is 24.3 Å². The van der Waals surface area contributed by atoms with Gasteiger partial charge in [-0.25, -0.2) is 4.39 Å². The number of hydrogen-bond donors (Lipinski definition) is 2. The maximum absolute atomic E-state index is 13.8. The third kappa shape index (κ3) is 4.03. The predicted molar refractivity (Wildman–Crippen MR) is 75.2 cm³/mol. The van der Waals surface area contributed by atoms with Crippen LogP contribution < -0.4 is 11.1 Å². The fraction of sp³-hybridized carbons (Fsp3) is 0.533. The van der Waals surface area contributed by atoms with Gasteiger partial charge in [-0.15, -0.1) is 0 Å². The van der Waals surface area contributed by atoms with Crippen molar-refractivity contribution in [3.8, 4) is 0 Å². The number of nitrogens with one attached hydrogen (secondary N) is 1. The molecule has 19 heavy (non-hydrogen) atoms. The van der Waals surface area contributed by atoms with E-state index in [1.807, 2.05) is 27.7 Å². The van der Waals surface area contributed by atoms with Crippen molar-refractivity contribution in [3.63, 3.8) is 0 Å². The van der Waals surface area contributed by atoms with Crippen molar-refractivity contribution >= 4 is 5.91 Å². The summed E-state index contributed by atoms with van der Waals surface area (Å²) < 4.78 is 13.8. The van der Waals surface area contributed by atoms with Crippen LogP contribution in [-0.2, 0) is 10.2 Å². The zero-order chi connectivity index (χ0) is 14.6. The Morgan fingerprint density at radius 1 is 1.37 bits per heavy atom. The van der Waals surface area contributed by atoms with E-state index in [-0.39, 0.29) is 17.6 Å². The molecule has 0 heterocycles. The van der Waals surface area contributed by atoms with Crippen LogP contribution >= 0.6 is 0 Å². The van der Waals surface area contributed by atoms with Gasteiger partial charge in [0.05, 0.1) is 6.04 Å². The van der Waals surface area contributed by atoms with Crippen molar-refractivity contribution in [1.29, 1.82) is 0 Å². The Labute approximate surface area is 114 Å². The van der Waals surface area contributed by atoms with Crippen molar-refractivity contribution < 1.29 is 9.18 Å². The van der Waals surface area contributed by atoms with E-state index < -0.39 is 11.5 Å². The molecule has 0 bridgehead atoms. The first kappa shape index (κ1) is 15.6. The Morgan fingerprint density at radius 3 is 2.47 bits per heavy atom. The number of benzene rings is 1. The quantitative estimate of drug-likeness (QED) is 0.858. The third-order valence-corrected chi connectivity index (χ3v) is 3.33. The van der Waals surface area contributed by atoms with Crippen LogP contribution in [0.4, 0.5) is 4.39 Å². The number of amides is 1. The molecule has 0 unspecified atom stereocenters. The minimum Gasteiger partial charge on any atom is -0.354 e. The maximum Gasteiger partial charge on any atom is 0.237 e. The molecule has 0 saturated carbocycles. The molecule has 4 heteroatoms. The lowest BCUT2D eigenvalue weighted by molar-refractivity contribution is -0.123. The number of halogens is 1. The molecule has 0 spiro atoms. The smallest absolute Gasteiger partial charge is 0.237 e. The van der Waals surface area contributed by atoms with Crippen molar-refractivity contribution in [1.82, 2.24) is 5.32 Å². The second-order valence-electron chi connectivity index (χ2n) is 5.85. The Hall–Kier alpha value is -1.42. The largest absolute Gasteiger partial charge is 0.354 e. The minimum atomic E-state index is -0.531. The van der Waals surface area contributed by atoms with Crippen molar-refractivity contribution in [2.45, 2.75) is 39.2 Å². The summed E-state index contributed by atoms with van der Waals surface area (Å²) in [5, 5.41) is 2.80. The topological polar surface area (TPSA) is 55.1 Å². The van der Waals surface area contributed by atoms with Crippen molar-refractivity contribution in [2.75, 3.05) is 6.54 Å². The molecule has 3 nitrogen and oxygen atoms in total. The zero-order valence-electron chi connectivity index (χ0n) is 12.0. The van der Waals surface area contributed by atoms with E-state index in [0.29, 0.717) is 12.1 Å². The third-order valence-electron chi connectivity index (χ3n) is 3.33. The number of nitrogens with two attached hydrogens (primary N) is 1. The summed E-state index contributed by atoms with van der Waals surface area (Å²) in [5.41, 5.74) is 5.89. The predicted octanol–water partition coefficient (Wildman–Crippen LogP) is 2.20. The Bertz CT molecular complexity index is 444. The molecule has 0 aliphatic heterocycles. The summed E-state index contributed by atoms with van der Waals surface area (Å²) in [7, 11) is 0. The van der Waals surface area contributed by atoms with Gasteiger partial charge in [0.25, 0.3) is 0 Å². The van der Waals surface area contributed by atoms with E-state index in [1.165, 1.54) is 6.07 Å². The molecule has 1 atom stereocenters. The number of rotatable bonds is 5. The van der Waals surface area contributed by atoms with Crippen LogP contribution in [0.2, 0.25) is 0 Å². The van der Waals surface area contributed by atoms with Crippen molar-refractivity contribution in [3.05, 3.63) is 35.6 Å². The van der Waals surface area contributed by atoms with Gasteiger partial charge in [-0.1, -0.05) is 45.9 Å². The highest BCUT2D eigenvalue weighted by molar-refractivity contribution is 5.81. The van der Waals surface area contributed by atoms with Crippen LogP contribution in [0.3, 0.4) is 0 Å². The molecule has 1 amide bonds. The molecular weight excluding hydrogens is 243 g/mol. The lowest BCUT2D eigenvalue weighted by Crippen LogP contribution is -2.47. The second kappa shape index (κ2) is 6.15. The molecule has 1 aromatic carbocycles. The van der Waals surface area contributed by atoms with Gasteiger partial charge in [0.2, 0.25) is 5.91 Å². The van der Waals surface area contributed by atoms with Crippen LogP contribution in [0.1, 0.15) is 33.3 Å². The standard InChI is InChI=1S/C15H23FN2O/c1-10(2)13(17)14(19)18-9-15(3,4)11-7-5-6-8-12(11)16/h5-8,10,13H,9,17H2,1-4H3,(H,18,19)/t13-/m0/s1. The van der Waals surface area contributed by atoms with Gasteiger partial charge in [0.1, 0.15) is 5.82 Å². The number of carbonyl (C=O) groups excluding carboxylic acids is 1. The summed E-state index contributed by atoms with van der Waals surface area (Å²) in [4.78, 5) is 11.8. The van der Waals surface area contributed by atoms with Gasteiger partial charge < -0.3 is 11.1 Å². The lowest BCUT2D eigenvalue weighted by Gasteiger charge is -2.27. The average molecular weight is 266 g/mol.